The van der Waals surface area contributed by atoms with E-state index in [0.717, 1.165) is 0 Å². The maximum atomic E-state index is 12.4. The van der Waals surface area contributed by atoms with E-state index in [1.165, 1.54) is 18.5 Å². The molecule has 3 aromatic rings. The summed E-state index contributed by atoms with van der Waals surface area (Å²) < 4.78 is 10.6. The molecule has 0 radical (unpaired) electrons. The number of rotatable bonds is 7. The molecule has 30 heavy (non-hydrogen) atoms. The molecule has 0 atom stereocenters. The van der Waals surface area contributed by atoms with E-state index >= 15 is 0 Å². The fraction of sp³-hybridized carbons (Fsp3) is 0.105. The average molecular weight is 449 g/mol. The van der Waals surface area contributed by atoms with E-state index in [9.17, 15) is 4.79 Å². The van der Waals surface area contributed by atoms with E-state index < -0.39 is 5.91 Å². The molecule has 0 spiro atoms. The molecule has 1 aromatic heterocycles. The molecule has 0 aliphatic rings. The highest BCUT2D eigenvalue weighted by atomic mass is 35.5. The van der Waals surface area contributed by atoms with Crippen molar-refractivity contribution in [2.45, 2.75) is 0 Å². The third kappa shape index (κ3) is 4.76. The Morgan fingerprint density at radius 2 is 1.80 bits per heavy atom. The molecule has 5 N–H and O–H groups in total. The van der Waals surface area contributed by atoms with Gasteiger partial charge in [0.25, 0.3) is 5.91 Å². The van der Waals surface area contributed by atoms with E-state index in [-0.39, 0.29) is 22.1 Å². The molecular formula is C19H18Cl2N6O3. The van der Waals surface area contributed by atoms with Crippen molar-refractivity contribution in [1.82, 2.24) is 15.4 Å². The van der Waals surface area contributed by atoms with Crippen LogP contribution in [0.25, 0.3) is 0 Å². The smallest absolute Gasteiger partial charge is 0.271 e. The Morgan fingerprint density at radius 1 is 1.03 bits per heavy atom. The summed E-state index contributed by atoms with van der Waals surface area (Å²) >= 11 is 11.9. The van der Waals surface area contributed by atoms with Crippen LogP contribution in [0.15, 0.2) is 42.7 Å². The van der Waals surface area contributed by atoms with E-state index in [1.54, 1.807) is 38.5 Å². The molecule has 0 saturated heterocycles. The number of anilines is 4. The predicted molar refractivity (Wildman–Crippen MR) is 117 cm³/mol. The second-order valence-corrected chi connectivity index (χ2v) is 6.72. The summed E-state index contributed by atoms with van der Waals surface area (Å²) in [5.41, 5.74) is 12.3. The molecule has 1 amide bonds. The van der Waals surface area contributed by atoms with Crippen LogP contribution in [0, 0.1) is 0 Å². The topological polar surface area (TPSA) is 123 Å². The van der Waals surface area contributed by atoms with Gasteiger partial charge in [-0.2, -0.15) is 0 Å². The molecule has 3 rings (SSSR count). The lowest BCUT2D eigenvalue weighted by molar-refractivity contribution is 0.0962. The molecule has 0 unspecified atom stereocenters. The highest BCUT2D eigenvalue weighted by Crippen LogP contribution is 2.33. The molecule has 0 aliphatic heterocycles. The van der Waals surface area contributed by atoms with Gasteiger partial charge in [0.05, 0.1) is 30.5 Å². The lowest BCUT2D eigenvalue weighted by atomic mass is 10.2. The first-order chi connectivity index (χ1) is 14.4. The average Bonchev–Trinajstić information content (AvgIpc) is 2.74. The van der Waals surface area contributed by atoms with Gasteiger partial charge in [-0.1, -0.05) is 23.2 Å². The first kappa shape index (κ1) is 21.3. The number of nitrogens with zero attached hydrogens (tertiary/aromatic N) is 2. The largest absolute Gasteiger partial charge is 0.497 e. The van der Waals surface area contributed by atoms with Gasteiger partial charge in [-0.05, 0) is 30.3 Å². The van der Waals surface area contributed by atoms with Crippen molar-refractivity contribution in [2.75, 3.05) is 30.7 Å². The number of amides is 1. The lowest BCUT2D eigenvalue weighted by Crippen LogP contribution is -2.30. The van der Waals surface area contributed by atoms with Crippen LogP contribution < -0.4 is 31.4 Å². The quantitative estimate of drug-likeness (QED) is 0.401. The molecule has 0 bridgehead atoms. The van der Waals surface area contributed by atoms with Gasteiger partial charge in [-0.3, -0.25) is 15.6 Å². The van der Waals surface area contributed by atoms with Crippen molar-refractivity contribution in [3.8, 4) is 11.5 Å². The summed E-state index contributed by atoms with van der Waals surface area (Å²) in [5, 5.41) is 3.71. The number of aromatic nitrogens is 2. The summed E-state index contributed by atoms with van der Waals surface area (Å²) in [7, 11) is 3.10. The molecular weight excluding hydrogens is 431 g/mol. The van der Waals surface area contributed by atoms with Gasteiger partial charge in [0.2, 0.25) is 0 Å². The lowest BCUT2D eigenvalue weighted by Gasteiger charge is -2.15. The minimum atomic E-state index is -0.487. The Bertz CT molecular complexity index is 1080. The highest BCUT2D eigenvalue weighted by molar-refractivity contribution is 6.36. The molecule has 9 nitrogen and oxygen atoms in total. The standard InChI is InChI=1S/C19H18Cl2N6O3/c1-29-11-4-6-15(30-2)14(8-11)25-17-16(22)18(24-9-23-17)26-27-19(28)12-5-3-10(20)7-13(12)21/h3-9H,22H2,1-2H3,(H,27,28)(H2,23,24,25,26). The van der Waals surface area contributed by atoms with Crippen LogP contribution in [0.5, 0.6) is 11.5 Å². The van der Waals surface area contributed by atoms with Crippen molar-refractivity contribution in [1.29, 1.82) is 0 Å². The Balaban J connectivity index is 1.78. The van der Waals surface area contributed by atoms with Gasteiger partial charge in [0, 0.05) is 11.1 Å². The second-order valence-electron chi connectivity index (χ2n) is 5.88. The first-order valence-corrected chi connectivity index (χ1v) is 9.29. The number of hydrazine groups is 1. The second kappa shape index (κ2) is 9.38. The molecule has 0 aliphatic carbocycles. The summed E-state index contributed by atoms with van der Waals surface area (Å²) in [6.07, 6.45) is 1.29. The number of nitrogen functional groups attached to an aromatic ring is 1. The number of halogens is 2. The summed E-state index contributed by atoms with van der Waals surface area (Å²) in [4.78, 5) is 20.5. The maximum absolute atomic E-state index is 12.4. The molecule has 156 valence electrons. The van der Waals surface area contributed by atoms with Gasteiger partial charge >= 0.3 is 0 Å². The zero-order valence-corrected chi connectivity index (χ0v) is 17.5. The minimum absolute atomic E-state index is 0.171. The Hall–Kier alpha value is -3.43. The van der Waals surface area contributed by atoms with Gasteiger partial charge in [0.15, 0.2) is 11.6 Å². The van der Waals surface area contributed by atoms with Gasteiger partial charge in [0.1, 0.15) is 23.5 Å². The van der Waals surface area contributed by atoms with Crippen molar-refractivity contribution in [3.63, 3.8) is 0 Å². The van der Waals surface area contributed by atoms with E-state index in [1.807, 2.05) is 0 Å². The van der Waals surface area contributed by atoms with Crippen LogP contribution in [-0.2, 0) is 0 Å². The monoisotopic (exact) mass is 448 g/mol. The Morgan fingerprint density at radius 3 is 2.50 bits per heavy atom. The van der Waals surface area contributed by atoms with Crippen LogP contribution in [0.2, 0.25) is 10.0 Å². The predicted octanol–water partition coefficient (Wildman–Crippen LogP) is 3.88. The number of carbonyl (C=O) groups excluding carboxylic acids is 1. The Labute approximate surface area is 182 Å². The molecule has 11 heteroatoms. The van der Waals surface area contributed by atoms with Gasteiger partial charge < -0.3 is 20.5 Å². The Kier molecular flexibility index (Phi) is 6.65. The van der Waals surface area contributed by atoms with Crippen molar-refractivity contribution < 1.29 is 14.3 Å². The number of benzene rings is 2. The number of nitrogens with two attached hydrogens (primary N) is 1. The third-order valence-electron chi connectivity index (χ3n) is 4.01. The maximum Gasteiger partial charge on any atom is 0.271 e. The summed E-state index contributed by atoms with van der Waals surface area (Å²) in [5.74, 6) is 1.19. The zero-order valence-electron chi connectivity index (χ0n) is 16.0. The minimum Gasteiger partial charge on any atom is -0.497 e. The molecule has 0 saturated carbocycles. The number of methoxy groups -OCH3 is 2. The van der Waals surface area contributed by atoms with Crippen molar-refractivity contribution in [2.24, 2.45) is 0 Å². The summed E-state index contributed by atoms with van der Waals surface area (Å²) in [6.45, 7) is 0. The SMILES string of the molecule is COc1ccc(OC)c(Nc2ncnc(NNC(=O)c3ccc(Cl)cc3Cl)c2N)c1. The fourth-order valence-electron chi connectivity index (χ4n) is 2.49. The van der Waals surface area contributed by atoms with Gasteiger partial charge in [-0.15, -0.1) is 0 Å². The molecule has 1 heterocycles. The number of carbonyl (C=O) groups is 1. The normalized spacial score (nSPS) is 10.3. The highest BCUT2D eigenvalue weighted by Gasteiger charge is 2.14. The van der Waals surface area contributed by atoms with Crippen molar-refractivity contribution >= 4 is 52.1 Å². The number of ether oxygens (including phenoxy) is 2. The van der Waals surface area contributed by atoms with E-state index in [2.05, 4.69) is 26.1 Å². The fourth-order valence-corrected chi connectivity index (χ4v) is 2.99. The van der Waals surface area contributed by atoms with Crippen LogP contribution in [0.3, 0.4) is 0 Å². The van der Waals surface area contributed by atoms with E-state index in [4.69, 9.17) is 38.4 Å². The van der Waals surface area contributed by atoms with Crippen LogP contribution >= 0.6 is 23.2 Å². The number of nitrogens with one attached hydrogen (secondary N) is 3. The summed E-state index contributed by atoms with van der Waals surface area (Å²) in [6, 6.07) is 9.78. The zero-order chi connectivity index (χ0) is 21.7. The number of hydrogen-bond acceptors (Lipinski definition) is 8. The van der Waals surface area contributed by atoms with Crippen LogP contribution in [0.1, 0.15) is 10.4 Å². The number of hydrogen-bond donors (Lipinski definition) is 4. The molecule has 0 fully saturated rings. The first-order valence-electron chi connectivity index (χ1n) is 8.54. The van der Waals surface area contributed by atoms with E-state index in [0.29, 0.717) is 28.0 Å². The van der Waals surface area contributed by atoms with Gasteiger partial charge in [-0.25, -0.2) is 9.97 Å². The van der Waals surface area contributed by atoms with Crippen LogP contribution in [0.4, 0.5) is 23.0 Å². The van der Waals surface area contributed by atoms with Crippen molar-refractivity contribution in [3.05, 3.63) is 58.3 Å². The van der Waals surface area contributed by atoms with Crippen LogP contribution in [-0.4, -0.2) is 30.1 Å². The molecule has 2 aromatic carbocycles. The third-order valence-corrected chi connectivity index (χ3v) is 4.56.